The molecule has 0 fully saturated rings. The Kier molecular flexibility index (Phi) is 6.48. The number of fused-ring (bicyclic) bond motifs is 2. The van der Waals surface area contributed by atoms with Gasteiger partial charge >= 0.3 is 0 Å². The minimum atomic E-state index is -1.87. The van der Waals surface area contributed by atoms with Crippen molar-refractivity contribution in [3.05, 3.63) is 108 Å². The van der Waals surface area contributed by atoms with Gasteiger partial charge in [0.05, 0.1) is 22.7 Å². The van der Waals surface area contributed by atoms with Gasteiger partial charge in [0.1, 0.15) is 45.5 Å². The molecule has 0 aliphatic carbocycles. The molecule has 0 N–H and O–H groups in total. The van der Waals surface area contributed by atoms with Crippen molar-refractivity contribution in [2.24, 2.45) is 0 Å². The summed E-state index contributed by atoms with van der Waals surface area (Å²) >= 11 is 19.9. The highest BCUT2D eigenvalue weighted by molar-refractivity contribution is 9.39. The summed E-state index contributed by atoms with van der Waals surface area (Å²) in [6, 6.07) is 16.0. The van der Waals surface area contributed by atoms with Crippen LogP contribution in [0, 0.1) is 9.54 Å². The fourth-order valence-corrected chi connectivity index (χ4v) is 24.6. The quantitative estimate of drug-likeness (QED) is 0.135. The van der Waals surface area contributed by atoms with E-state index in [1.807, 2.05) is 94.1 Å². The van der Waals surface area contributed by atoms with Crippen LogP contribution in [0.1, 0.15) is 0 Å². The van der Waals surface area contributed by atoms with Gasteiger partial charge in [0.2, 0.25) is 0 Å². The predicted molar refractivity (Wildman–Crippen MR) is 173 cm³/mol. The molecular formula is C26H16N8PS6+. The first-order valence-corrected chi connectivity index (χ1v) is 20.5. The average Bonchev–Trinajstić information content (AvgIpc) is 3.69. The fraction of sp³-hybridized carbons (Fsp3) is 0. The van der Waals surface area contributed by atoms with Crippen LogP contribution in [0.25, 0.3) is 22.7 Å². The molecule has 0 atom stereocenters. The molecule has 0 unspecified atom stereocenters. The average molecular weight is 664 g/mol. The van der Waals surface area contributed by atoms with E-state index in [0.717, 1.165) is 52.4 Å². The molecule has 2 aliphatic rings. The summed E-state index contributed by atoms with van der Waals surface area (Å²) in [6.07, 6.45) is 14.4. The summed E-state index contributed by atoms with van der Waals surface area (Å²) < 4.78 is 8.28. The van der Waals surface area contributed by atoms with Crippen molar-refractivity contribution in [2.75, 3.05) is 0 Å². The van der Waals surface area contributed by atoms with Crippen molar-refractivity contribution in [1.29, 1.82) is 0 Å². The molecule has 6 aromatic heterocycles. The minimum absolute atomic E-state index is 0.720. The number of pyridine rings is 4. The normalized spacial score (nSPS) is 14.8. The van der Waals surface area contributed by atoms with Gasteiger partial charge in [-0.25, -0.2) is 0 Å². The second kappa shape index (κ2) is 10.2. The molecule has 2 aliphatic heterocycles. The van der Waals surface area contributed by atoms with E-state index in [1.54, 1.807) is 49.6 Å². The molecule has 8 rings (SSSR count). The largest absolute Gasteiger partial charge is 0.275 e. The Morgan fingerprint density at radius 2 is 0.634 bits per heavy atom. The van der Waals surface area contributed by atoms with Gasteiger partial charge in [-0.2, -0.15) is 0 Å². The maximum absolute atomic E-state index is 6.09. The highest BCUT2D eigenvalue weighted by atomic mass is 33.6. The lowest BCUT2D eigenvalue weighted by Gasteiger charge is -2.13. The fourth-order valence-electron chi connectivity index (χ4n) is 4.67. The Hall–Kier alpha value is -2.71. The lowest BCUT2D eigenvalue weighted by atomic mass is 10.4. The van der Waals surface area contributed by atoms with Crippen LogP contribution < -0.4 is 0 Å². The molecule has 8 nitrogen and oxygen atoms in total. The van der Waals surface area contributed by atoms with Gasteiger partial charge in [-0.05, 0) is 73.0 Å². The Morgan fingerprint density at radius 3 is 0.854 bits per heavy atom. The second-order valence-corrected chi connectivity index (χ2v) is 25.6. The topological polar surface area (TPSA) is 71.3 Å². The molecule has 41 heavy (non-hydrogen) atoms. The van der Waals surface area contributed by atoms with Crippen LogP contribution in [0.15, 0.2) is 118 Å². The number of rotatable bonds is 4. The molecule has 0 radical (unpaired) electrons. The van der Waals surface area contributed by atoms with Gasteiger partial charge < -0.3 is 0 Å². The van der Waals surface area contributed by atoms with Crippen LogP contribution in [0.2, 0.25) is 0 Å². The summed E-state index contributed by atoms with van der Waals surface area (Å²) in [5, 5.41) is 4.58. The summed E-state index contributed by atoms with van der Waals surface area (Å²) in [5.41, 5.74) is 3.98. The van der Waals surface area contributed by atoms with E-state index in [9.17, 15) is 0 Å². The van der Waals surface area contributed by atoms with Crippen molar-refractivity contribution < 1.29 is 0 Å². The molecule has 0 aromatic carbocycles. The van der Waals surface area contributed by atoms with Gasteiger partial charge in [0.15, 0.2) is 29.6 Å². The zero-order valence-corrected chi connectivity index (χ0v) is 26.5. The Bertz CT molecular complexity index is 1750. The number of imidazole rings is 2. The molecule has 0 amide bonds. The standard InChI is InChI=1S/C26H16N8PS6/c36-25-31(17-1-9-27-10-2-17)21-22(32(25)18-3-11-28-12-4-18)39-35(38-21)40-23-24(41-35)34(20-7-15-30-16-8-20)26(37)33(23)19-5-13-29-14-6-19/h1-16H/q+1. The maximum atomic E-state index is 6.09. The van der Waals surface area contributed by atoms with Crippen LogP contribution in [0.5, 0.6) is 0 Å². The first kappa shape index (κ1) is 26.0. The Labute approximate surface area is 261 Å². The minimum Gasteiger partial charge on any atom is -0.275 e. The van der Waals surface area contributed by atoms with Gasteiger partial charge in [0, 0.05) is 49.6 Å². The van der Waals surface area contributed by atoms with Gasteiger partial charge in [-0.15, -0.1) is 0 Å². The summed E-state index contributed by atoms with van der Waals surface area (Å²) in [5.74, 6) is 0. The molecule has 6 aromatic rings. The number of hydrogen-bond donors (Lipinski definition) is 0. The van der Waals surface area contributed by atoms with Crippen LogP contribution in [0.4, 0.5) is 0 Å². The number of hydrogen-bond acceptors (Lipinski definition) is 10. The van der Waals surface area contributed by atoms with Crippen LogP contribution in [-0.4, -0.2) is 38.2 Å². The first-order chi connectivity index (χ1) is 20.1. The smallest absolute Gasteiger partial charge is 0.275 e. The van der Waals surface area contributed by atoms with E-state index >= 15 is 0 Å². The second-order valence-electron chi connectivity index (χ2n) is 8.76. The van der Waals surface area contributed by atoms with Crippen molar-refractivity contribution in [3.63, 3.8) is 0 Å². The third kappa shape index (κ3) is 4.19. The van der Waals surface area contributed by atoms with E-state index in [1.165, 1.54) is 0 Å². The van der Waals surface area contributed by atoms with Gasteiger partial charge in [-0.3, -0.25) is 38.2 Å². The van der Waals surface area contributed by atoms with Crippen molar-refractivity contribution in [3.8, 4) is 22.7 Å². The van der Waals surface area contributed by atoms with E-state index in [0.29, 0.717) is 0 Å². The van der Waals surface area contributed by atoms with E-state index in [4.69, 9.17) is 24.4 Å². The molecule has 1 spiro atoms. The number of nitrogens with zero attached hydrogens (tertiary/aromatic N) is 8. The summed E-state index contributed by atoms with van der Waals surface area (Å²) in [4.78, 5) is 16.9. The monoisotopic (exact) mass is 663 g/mol. The first-order valence-electron chi connectivity index (χ1n) is 12.2. The van der Waals surface area contributed by atoms with Crippen LogP contribution in [0.3, 0.4) is 0 Å². The molecule has 0 bridgehead atoms. The van der Waals surface area contributed by atoms with E-state index in [-0.39, 0.29) is 0 Å². The predicted octanol–water partition coefficient (Wildman–Crippen LogP) is 8.66. The molecule has 15 heteroatoms. The van der Waals surface area contributed by atoms with Gasteiger partial charge in [-0.1, -0.05) is 0 Å². The number of aromatic nitrogens is 8. The SMILES string of the molecule is S=c1n(-c2ccncc2)c2c(n1-c1ccncc1)S[P+]1(S2)Sc2c(n(-c3ccncc3)c(=S)n2-c2ccncc2)S1. The zero-order chi connectivity index (χ0) is 27.6. The summed E-state index contributed by atoms with van der Waals surface area (Å²) in [7, 11) is 0. The highest BCUT2D eigenvalue weighted by Gasteiger charge is 2.63. The molecule has 200 valence electrons. The third-order valence-corrected chi connectivity index (χ3v) is 23.3. The zero-order valence-electron chi connectivity index (χ0n) is 20.7. The van der Waals surface area contributed by atoms with Crippen LogP contribution >= 0.6 is 74.0 Å². The molecular weight excluding hydrogens is 648 g/mol. The lowest BCUT2D eigenvalue weighted by Crippen LogP contribution is -2.00. The van der Waals surface area contributed by atoms with E-state index < -0.39 is 4.07 Å². The van der Waals surface area contributed by atoms with Crippen molar-refractivity contribution in [2.45, 2.75) is 20.1 Å². The summed E-state index contributed by atoms with van der Waals surface area (Å²) in [6.45, 7) is 0. The Morgan fingerprint density at radius 1 is 0.415 bits per heavy atom. The molecule has 8 heterocycles. The van der Waals surface area contributed by atoms with Gasteiger partial charge in [0.25, 0.3) is 4.07 Å². The van der Waals surface area contributed by atoms with Crippen LogP contribution in [-0.2, 0) is 0 Å². The highest BCUT2D eigenvalue weighted by Crippen LogP contribution is 3.05. The molecule has 0 saturated carbocycles. The van der Waals surface area contributed by atoms with Crippen molar-refractivity contribution in [1.82, 2.24) is 38.2 Å². The molecule has 0 saturated heterocycles. The maximum Gasteiger partial charge on any atom is 0.275 e. The lowest BCUT2D eigenvalue weighted by molar-refractivity contribution is 0.907. The van der Waals surface area contributed by atoms with E-state index in [2.05, 4.69) is 38.2 Å². The third-order valence-electron chi connectivity index (χ3n) is 6.42. The van der Waals surface area contributed by atoms with Crippen molar-refractivity contribution >= 4 is 74.0 Å². The Balaban J connectivity index is 1.30.